The number of carboxylic acid groups (broad SMARTS) is 1. The maximum atomic E-state index is 12.1. The van der Waals surface area contributed by atoms with Crippen molar-refractivity contribution in [1.29, 1.82) is 0 Å². The highest BCUT2D eigenvalue weighted by molar-refractivity contribution is 7.87. The third-order valence-electron chi connectivity index (χ3n) is 3.72. The lowest BCUT2D eigenvalue weighted by Gasteiger charge is -2.37. The van der Waals surface area contributed by atoms with E-state index in [4.69, 9.17) is 0 Å². The molecular formula is C13H26N2O4S. The molecule has 0 aliphatic heterocycles. The van der Waals surface area contributed by atoms with Crippen LogP contribution in [0.1, 0.15) is 59.8 Å². The van der Waals surface area contributed by atoms with Crippen molar-refractivity contribution in [3.8, 4) is 0 Å². The van der Waals surface area contributed by atoms with Crippen LogP contribution in [0.15, 0.2) is 0 Å². The molecule has 1 aliphatic carbocycles. The monoisotopic (exact) mass is 306 g/mol. The molecule has 0 spiro atoms. The van der Waals surface area contributed by atoms with Crippen LogP contribution in [0.5, 0.6) is 0 Å². The molecule has 0 aromatic rings. The van der Waals surface area contributed by atoms with Crippen LogP contribution in [-0.4, -0.2) is 30.6 Å². The van der Waals surface area contributed by atoms with E-state index in [1.165, 1.54) is 0 Å². The molecule has 20 heavy (non-hydrogen) atoms. The maximum absolute atomic E-state index is 12.1. The lowest BCUT2D eigenvalue weighted by molar-refractivity contribution is -0.145. The van der Waals surface area contributed by atoms with Gasteiger partial charge in [0.2, 0.25) is 0 Å². The molecule has 0 unspecified atom stereocenters. The molecule has 0 radical (unpaired) electrons. The average Bonchev–Trinajstić information content (AvgIpc) is 2.25. The summed E-state index contributed by atoms with van der Waals surface area (Å²) in [6, 6.07) is 0. The second-order valence-corrected chi connectivity index (χ2v) is 8.11. The summed E-state index contributed by atoms with van der Waals surface area (Å²) >= 11 is 0. The molecule has 0 atom stereocenters. The molecule has 0 saturated heterocycles. The van der Waals surface area contributed by atoms with E-state index in [1.54, 1.807) is 20.8 Å². The van der Waals surface area contributed by atoms with Gasteiger partial charge in [-0.1, -0.05) is 13.3 Å². The summed E-state index contributed by atoms with van der Waals surface area (Å²) in [5.74, 6) is -0.603. The van der Waals surface area contributed by atoms with E-state index in [9.17, 15) is 18.3 Å². The number of rotatable bonds is 5. The van der Waals surface area contributed by atoms with Gasteiger partial charge in [-0.05, 0) is 52.4 Å². The summed E-state index contributed by atoms with van der Waals surface area (Å²) in [5, 5.41) is 9.45. The molecule has 0 heterocycles. The van der Waals surface area contributed by atoms with Crippen LogP contribution in [-0.2, 0) is 15.0 Å². The zero-order chi connectivity index (χ0) is 15.6. The summed E-state index contributed by atoms with van der Waals surface area (Å²) in [6.07, 6.45) is 3.15. The fourth-order valence-electron chi connectivity index (χ4n) is 2.62. The fraction of sp³-hybridized carbons (Fsp3) is 0.923. The maximum Gasteiger partial charge on any atom is 0.324 e. The van der Waals surface area contributed by atoms with Crippen molar-refractivity contribution in [1.82, 2.24) is 9.44 Å². The van der Waals surface area contributed by atoms with Gasteiger partial charge >= 0.3 is 5.97 Å². The van der Waals surface area contributed by atoms with E-state index in [0.717, 1.165) is 19.3 Å². The van der Waals surface area contributed by atoms with Crippen LogP contribution in [0.3, 0.4) is 0 Å². The second kappa shape index (κ2) is 5.99. The summed E-state index contributed by atoms with van der Waals surface area (Å²) < 4.78 is 29.0. The van der Waals surface area contributed by atoms with Crippen molar-refractivity contribution < 1.29 is 18.3 Å². The molecule has 3 N–H and O–H groups in total. The molecular weight excluding hydrogens is 280 g/mol. The Balaban J connectivity index is 2.86. The van der Waals surface area contributed by atoms with Crippen LogP contribution in [0.25, 0.3) is 0 Å². The SMILES string of the molecule is CCC1CCC(NS(=O)(=O)NC(C)(C)C)(C(=O)O)CC1. The highest BCUT2D eigenvalue weighted by Crippen LogP contribution is 2.34. The Morgan fingerprint density at radius 3 is 2.15 bits per heavy atom. The Hall–Kier alpha value is -0.660. The van der Waals surface area contributed by atoms with Crippen molar-refractivity contribution in [2.45, 2.75) is 70.9 Å². The molecule has 1 aliphatic rings. The summed E-state index contributed by atoms with van der Waals surface area (Å²) in [6.45, 7) is 7.22. The number of hydrogen-bond donors (Lipinski definition) is 3. The minimum atomic E-state index is -3.85. The molecule has 0 amide bonds. The van der Waals surface area contributed by atoms with E-state index in [-0.39, 0.29) is 0 Å². The predicted molar refractivity (Wildman–Crippen MR) is 77.6 cm³/mol. The average molecular weight is 306 g/mol. The van der Waals surface area contributed by atoms with Crippen molar-refractivity contribution in [3.63, 3.8) is 0 Å². The van der Waals surface area contributed by atoms with Crippen molar-refractivity contribution >= 4 is 16.2 Å². The third-order valence-corrected chi connectivity index (χ3v) is 5.26. The van der Waals surface area contributed by atoms with Crippen molar-refractivity contribution in [2.24, 2.45) is 5.92 Å². The number of hydrogen-bond acceptors (Lipinski definition) is 3. The Labute approximate surface area is 121 Å². The number of nitrogens with one attached hydrogen (secondary N) is 2. The van der Waals surface area contributed by atoms with Gasteiger partial charge < -0.3 is 5.11 Å². The minimum absolute atomic E-state index is 0.339. The largest absolute Gasteiger partial charge is 0.480 e. The first kappa shape index (κ1) is 17.4. The van der Waals surface area contributed by atoms with E-state index < -0.39 is 27.3 Å². The number of carbonyl (C=O) groups is 1. The summed E-state index contributed by atoms with van der Waals surface area (Å²) in [4.78, 5) is 11.6. The fourth-order valence-corrected chi connectivity index (χ4v) is 4.29. The molecule has 1 saturated carbocycles. The van der Waals surface area contributed by atoms with E-state index in [1.807, 2.05) is 0 Å². The normalized spacial score (nSPS) is 28.3. The summed E-state index contributed by atoms with van der Waals surface area (Å²) in [5.41, 5.74) is -2.02. The molecule has 0 aromatic carbocycles. The van der Waals surface area contributed by atoms with Gasteiger partial charge in [-0.2, -0.15) is 17.9 Å². The lowest BCUT2D eigenvalue weighted by atomic mass is 9.76. The Kier molecular flexibility index (Phi) is 5.21. The molecule has 118 valence electrons. The van der Waals surface area contributed by atoms with Crippen molar-refractivity contribution in [2.75, 3.05) is 0 Å². The van der Waals surface area contributed by atoms with Gasteiger partial charge in [0.15, 0.2) is 0 Å². The molecule has 7 heteroatoms. The highest BCUT2D eigenvalue weighted by Gasteiger charge is 2.45. The molecule has 6 nitrogen and oxygen atoms in total. The standard InChI is InChI=1S/C13H26N2O4S/c1-5-10-6-8-13(9-7-10,11(16)17)15-20(18,19)14-12(2,3)4/h10,14-15H,5-9H2,1-4H3,(H,16,17). The molecule has 1 fully saturated rings. The van der Waals surface area contributed by atoms with Gasteiger partial charge in [-0.15, -0.1) is 0 Å². The molecule has 1 rings (SSSR count). The van der Waals surface area contributed by atoms with Crippen molar-refractivity contribution in [3.05, 3.63) is 0 Å². The Morgan fingerprint density at radius 1 is 1.30 bits per heavy atom. The number of carboxylic acids is 1. The van der Waals surface area contributed by atoms with Gasteiger partial charge in [0.1, 0.15) is 5.54 Å². The predicted octanol–water partition coefficient (Wildman–Crippen LogP) is 1.63. The third kappa shape index (κ3) is 4.71. The first-order valence-electron chi connectivity index (χ1n) is 7.06. The van der Waals surface area contributed by atoms with Crippen LogP contribution in [0, 0.1) is 5.92 Å². The zero-order valence-corrected chi connectivity index (χ0v) is 13.5. The summed E-state index contributed by atoms with van der Waals surface area (Å²) in [7, 11) is -3.85. The Bertz CT molecular complexity index is 445. The topological polar surface area (TPSA) is 95.5 Å². The minimum Gasteiger partial charge on any atom is -0.480 e. The quantitative estimate of drug-likeness (QED) is 0.719. The zero-order valence-electron chi connectivity index (χ0n) is 12.7. The van der Waals surface area contributed by atoms with Gasteiger partial charge in [0, 0.05) is 5.54 Å². The number of aliphatic carboxylic acids is 1. The van der Waals surface area contributed by atoms with E-state index >= 15 is 0 Å². The van der Waals surface area contributed by atoms with Crippen LogP contribution < -0.4 is 9.44 Å². The lowest BCUT2D eigenvalue weighted by Crippen LogP contribution is -2.60. The van der Waals surface area contributed by atoms with Crippen LogP contribution in [0.4, 0.5) is 0 Å². The van der Waals surface area contributed by atoms with Gasteiger partial charge in [-0.3, -0.25) is 4.79 Å². The van der Waals surface area contributed by atoms with Gasteiger partial charge in [-0.25, -0.2) is 0 Å². The van der Waals surface area contributed by atoms with Crippen LogP contribution in [0.2, 0.25) is 0 Å². The first-order valence-corrected chi connectivity index (χ1v) is 8.54. The molecule has 0 aromatic heterocycles. The molecule has 0 bridgehead atoms. The van der Waals surface area contributed by atoms with E-state index in [2.05, 4.69) is 16.4 Å². The van der Waals surface area contributed by atoms with Gasteiger partial charge in [0.05, 0.1) is 0 Å². The smallest absolute Gasteiger partial charge is 0.324 e. The van der Waals surface area contributed by atoms with Crippen LogP contribution >= 0.6 is 0 Å². The second-order valence-electron chi connectivity index (χ2n) is 6.70. The Morgan fingerprint density at radius 2 is 1.80 bits per heavy atom. The van der Waals surface area contributed by atoms with E-state index in [0.29, 0.717) is 18.8 Å². The first-order chi connectivity index (χ1) is 9.00. The highest BCUT2D eigenvalue weighted by atomic mass is 32.2. The van der Waals surface area contributed by atoms with Gasteiger partial charge in [0.25, 0.3) is 10.2 Å².